The van der Waals surface area contributed by atoms with Gasteiger partial charge in [0.2, 0.25) is 5.88 Å². The molecule has 1 aromatic carbocycles. The fourth-order valence-electron chi connectivity index (χ4n) is 4.53. The second kappa shape index (κ2) is 7.52. The Balaban J connectivity index is 1.33. The number of hydrazine groups is 1. The number of aromatic nitrogens is 1. The van der Waals surface area contributed by atoms with Crippen LogP contribution in [0.15, 0.2) is 47.7 Å². The van der Waals surface area contributed by atoms with E-state index in [9.17, 15) is 18.0 Å². The maximum absolute atomic E-state index is 13.4. The van der Waals surface area contributed by atoms with E-state index < -0.39 is 11.7 Å². The number of benzene rings is 1. The van der Waals surface area contributed by atoms with Crippen molar-refractivity contribution in [3.05, 3.63) is 53.7 Å². The maximum atomic E-state index is 13.4. The molecular weight excluding hydrogens is 411 g/mol. The number of hydrogen-bond acceptors (Lipinski definition) is 6. The first-order valence-corrected chi connectivity index (χ1v) is 10.1. The van der Waals surface area contributed by atoms with Crippen molar-refractivity contribution < 1.29 is 22.7 Å². The van der Waals surface area contributed by atoms with Crippen LogP contribution in [0.4, 0.5) is 18.9 Å². The van der Waals surface area contributed by atoms with Crippen molar-refractivity contribution in [2.45, 2.75) is 31.2 Å². The van der Waals surface area contributed by atoms with Gasteiger partial charge in [-0.3, -0.25) is 4.79 Å². The van der Waals surface area contributed by atoms with Crippen LogP contribution in [0.1, 0.15) is 28.8 Å². The molecule has 7 nitrogen and oxygen atoms in total. The van der Waals surface area contributed by atoms with Gasteiger partial charge in [0.05, 0.1) is 29.4 Å². The van der Waals surface area contributed by atoms with Crippen molar-refractivity contribution in [2.75, 3.05) is 18.2 Å². The number of hydrogen-bond donors (Lipinski definition) is 1. The van der Waals surface area contributed by atoms with Crippen LogP contribution in [0.3, 0.4) is 0 Å². The van der Waals surface area contributed by atoms with Crippen molar-refractivity contribution in [3.8, 4) is 5.88 Å². The number of pyridine rings is 1. The molecule has 3 aliphatic rings. The van der Waals surface area contributed by atoms with E-state index in [4.69, 9.17) is 4.74 Å². The molecule has 2 bridgehead atoms. The van der Waals surface area contributed by atoms with Crippen LogP contribution in [0, 0.1) is 5.92 Å². The number of anilines is 1. The first-order chi connectivity index (χ1) is 14.9. The molecule has 1 amide bonds. The summed E-state index contributed by atoms with van der Waals surface area (Å²) in [4.78, 5) is 19.0. The zero-order valence-electron chi connectivity index (χ0n) is 16.4. The molecule has 1 aromatic heterocycles. The van der Waals surface area contributed by atoms with Gasteiger partial charge in [-0.1, -0.05) is 12.1 Å². The number of piperidine rings is 1. The largest absolute Gasteiger partial charge is 0.472 e. The van der Waals surface area contributed by atoms with Crippen LogP contribution >= 0.6 is 0 Å². The maximum Gasteiger partial charge on any atom is 0.417 e. The molecule has 2 fully saturated rings. The number of rotatable bonds is 4. The molecule has 0 radical (unpaired) electrons. The molecule has 10 heteroatoms. The Morgan fingerprint density at radius 3 is 2.68 bits per heavy atom. The first kappa shape index (κ1) is 19.8. The molecule has 2 aromatic rings. The van der Waals surface area contributed by atoms with Gasteiger partial charge in [0.15, 0.2) is 0 Å². The minimum Gasteiger partial charge on any atom is -0.472 e. The minimum atomic E-state index is -4.44. The lowest BCUT2D eigenvalue weighted by molar-refractivity contribution is -0.137. The van der Waals surface area contributed by atoms with Gasteiger partial charge in [-0.2, -0.15) is 23.4 Å². The number of nitrogens with zero attached hydrogens (tertiary/aromatic N) is 4. The van der Waals surface area contributed by atoms with Gasteiger partial charge >= 0.3 is 6.18 Å². The summed E-state index contributed by atoms with van der Waals surface area (Å²) in [5, 5.41) is 5.82. The lowest BCUT2D eigenvalue weighted by atomic mass is 10.1. The molecule has 0 spiro atoms. The van der Waals surface area contributed by atoms with Crippen LogP contribution in [-0.4, -0.2) is 47.2 Å². The fourth-order valence-corrected chi connectivity index (χ4v) is 4.53. The van der Waals surface area contributed by atoms with E-state index in [0.29, 0.717) is 30.3 Å². The topological polar surface area (TPSA) is 70.1 Å². The third kappa shape index (κ3) is 3.71. The second-order valence-electron chi connectivity index (χ2n) is 7.89. The number of para-hydroxylation sites is 1. The molecule has 1 saturated heterocycles. The average Bonchev–Trinajstić information content (AvgIpc) is 3.50. The van der Waals surface area contributed by atoms with Gasteiger partial charge in [0.25, 0.3) is 5.91 Å². The monoisotopic (exact) mass is 431 g/mol. The number of carbonyl (C=O) groups excluding carboxylic acids is 1. The summed E-state index contributed by atoms with van der Waals surface area (Å²) in [7, 11) is 0. The smallest absolute Gasteiger partial charge is 0.417 e. The predicted molar refractivity (Wildman–Crippen MR) is 107 cm³/mol. The number of halogens is 3. The van der Waals surface area contributed by atoms with Gasteiger partial charge < -0.3 is 9.64 Å². The van der Waals surface area contributed by atoms with Crippen LogP contribution in [-0.2, 0) is 6.18 Å². The highest BCUT2D eigenvalue weighted by Gasteiger charge is 2.49. The average molecular weight is 431 g/mol. The van der Waals surface area contributed by atoms with Crippen LogP contribution in [0.25, 0.3) is 0 Å². The lowest BCUT2D eigenvalue weighted by Crippen LogP contribution is -2.47. The standard InChI is InChI=1S/C21H20F3N5O2/c22-21(23,24)14-5-6-19(25-11-14)31-18-10-13-9-17(18)28(12-13)20(30)15-3-1-2-4-16(15)29-26-7-8-27-29/h1-7,11,13,17-18,27H,8-10,12H2. The Labute approximate surface area is 176 Å². The zero-order valence-corrected chi connectivity index (χ0v) is 16.4. The highest BCUT2D eigenvalue weighted by molar-refractivity contribution is 6.00. The van der Waals surface area contributed by atoms with E-state index in [1.807, 2.05) is 23.1 Å². The summed E-state index contributed by atoms with van der Waals surface area (Å²) in [6, 6.07) is 9.30. The predicted octanol–water partition coefficient (Wildman–Crippen LogP) is 3.09. The van der Waals surface area contributed by atoms with Crippen molar-refractivity contribution >= 4 is 17.8 Å². The molecular formula is C21H20F3N5O2. The van der Waals surface area contributed by atoms with E-state index in [1.165, 1.54) is 6.07 Å². The Bertz CT molecular complexity index is 1010. The Morgan fingerprint density at radius 2 is 2.00 bits per heavy atom. The third-order valence-electron chi connectivity index (χ3n) is 5.91. The van der Waals surface area contributed by atoms with Gasteiger partial charge in [-0.25, -0.2) is 10.4 Å². The summed E-state index contributed by atoms with van der Waals surface area (Å²) in [5.74, 6) is 0.318. The van der Waals surface area contributed by atoms with E-state index in [1.54, 1.807) is 17.4 Å². The number of fused-ring (bicyclic) bond motifs is 2. The number of amides is 1. The van der Waals surface area contributed by atoms with Gasteiger partial charge in [0, 0.05) is 25.0 Å². The summed E-state index contributed by atoms with van der Waals surface area (Å²) in [6.45, 7) is 1.22. The lowest BCUT2D eigenvalue weighted by Gasteiger charge is -2.34. The number of hydrazone groups is 1. The number of nitrogens with one attached hydrogen (secondary N) is 1. The van der Waals surface area contributed by atoms with Gasteiger partial charge in [0.1, 0.15) is 6.10 Å². The first-order valence-electron chi connectivity index (χ1n) is 10.1. The van der Waals surface area contributed by atoms with E-state index in [-0.39, 0.29) is 23.9 Å². The highest BCUT2D eigenvalue weighted by atomic mass is 19.4. The summed E-state index contributed by atoms with van der Waals surface area (Å²) >= 11 is 0. The number of alkyl halides is 3. The van der Waals surface area contributed by atoms with Gasteiger partial charge in [-0.15, -0.1) is 0 Å². The van der Waals surface area contributed by atoms with Crippen molar-refractivity contribution in [3.63, 3.8) is 0 Å². The van der Waals surface area contributed by atoms with Crippen LogP contribution in [0.5, 0.6) is 5.88 Å². The number of likely N-dealkylation sites (tertiary alicyclic amines) is 1. The number of ether oxygens (including phenoxy) is 1. The summed E-state index contributed by atoms with van der Waals surface area (Å²) < 4.78 is 44.2. The molecule has 3 heterocycles. The van der Waals surface area contributed by atoms with Crippen molar-refractivity contribution in [1.29, 1.82) is 0 Å². The fraction of sp³-hybridized carbons (Fsp3) is 0.381. The molecule has 162 valence electrons. The molecule has 1 saturated carbocycles. The highest BCUT2D eigenvalue weighted by Crippen LogP contribution is 2.41. The molecule has 5 rings (SSSR count). The Hall–Kier alpha value is -3.14. The van der Waals surface area contributed by atoms with Crippen molar-refractivity contribution in [1.82, 2.24) is 15.3 Å². The van der Waals surface area contributed by atoms with E-state index in [2.05, 4.69) is 15.5 Å². The molecule has 3 unspecified atom stereocenters. The SMILES string of the molecule is O=C(c1ccccc1N1N=CCN1)N1CC2CC(Oc3ccc(C(F)(F)F)cn3)C1C2. The number of carbonyl (C=O) groups is 1. The van der Waals surface area contributed by atoms with E-state index in [0.717, 1.165) is 25.1 Å². The Kier molecular flexibility index (Phi) is 4.81. The third-order valence-corrected chi connectivity index (χ3v) is 5.91. The van der Waals surface area contributed by atoms with Crippen LogP contribution < -0.4 is 15.3 Å². The summed E-state index contributed by atoms with van der Waals surface area (Å²) in [6.07, 6.45) is -0.702. The second-order valence-corrected chi connectivity index (χ2v) is 7.89. The molecule has 31 heavy (non-hydrogen) atoms. The molecule has 1 aliphatic carbocycles. The van der Waals surface area contributed by atoms with Crippen molar-refractivity contribution in [2.24, 2.45) is 11.0 Å². The summed E-state index contributed by atoms with van der Waals surface area (Å²) in [5.41, 5.74) is 3.46. The quantitative estimate of drug-likeness (QED) is 0.806. The molecule has 2 aliphatic heterocycles. The Morgan fingerprint density at radius 1 is 1.16 bits per heavy atom. The minimum absolute atomic E-state index is 0.110. The van der Waals surface area contributed by atoms with Crippen LogP contribution in [0.2, 0.25) is 0 Å². The zero-order chi connectivity index (χ0) is 21.6. The normalized spacial score (nSPS) is 24.8. The van der Waals surface area contributed by atoms with Gasteiger partial charge in [-0.05, 0) is 37.0 Å². The molecule has 3 atom stereocenters. The van der Waals surface area contributed by atoms with E-state index >= 15 is 0 Å². The molecule has 1 N–H and O–H groups in total.